The van der Waals surface area contributed by atoms with Crippen molar-refractivity contribution in [2.75, 3.05) is 18.6 Å². The number of carbonyl (C=O) groups is 1. The molecule has 0 radical (unpaired) electrons. The van der Waals surface area contributed by atoms with Gasteiger partial charge >= 0.3 is 0 Å². The van der Waals surface area contributed by atoms with E-state index in [1.165, 1.54) is 0 Å². The second-order valence-corrected chi connectivity index (χ2v) is 5.62. The summed E-state index contributed by atoms with van der Waals surface area (Å²) in [5.41, 5.74) is 2.76. The van der Waals surface area contributed by atoms with Gasteiger partial charge in [0, 0.05) is 11.1 Å². The highest BCUT2D eigenvalue weighted by molar-refractivity contribution is 7.99. The summed E-state index contributed by atoms with van der Waals surface area (Å²) in [5, 5.41) is 0. The molecule has 0 aliphatic carbocycles. The number of methoxy groups -OCH3 is 1. The molecule has 0 fully saturated rings. The highest BCUT2D eigenvalue weighted by Crippen LogP contribution is 2.31. The first kappa shape index (κ1) is 14.7. The minimum Gasteiger partial charge on any atom is -0.496 e. The van der Waals surface area contributed by atoms with Gasteiger partial charge in [0.15, 0.2) is 5.78 Å². The first-order chi connectivity index (χ1) is 9.76. The molecule has 0 N–H and O–H groups in total. The summed E-state index contributed by atoms with van der Waals surface area (Å²) in [7, 11) is 1.65. The molecule has 0 saturated heterocycles. The Bertz CT molecular complexity index is 579. The molecule has 0 aliphatic rings. The molecule has 0 heterocycles. The van der Waals surface area contributed by atoms with Crippen LogP contribution >= 0.6 is 11.8 Å². The quantitative estimate of drug-likeness (QED) is 0.741. The Morgan fingerprint density at radius 2 is 1.90 bits per heavy atom. The largest absolute Gasteiger partial charge is 0.496 e. The number of thioether (sulfide) groups is 1. The van der Waals surface area contributed by atoms with E-state index in [9.17, 15) is 4.79 Å². The number of carbonyl (C=O) groups excluding carboxylic acids is 1. The molecule has 2 aromatic carbocycles. The summed E-state index contributed by atoms with van der Waals surface area (Å²) in [6.45, 7) is 2.06. The predicted octanol–water partition coefficient (Wildman–Crippen LogP) is 4.30. The van der Waals surface area contributed by atoms with Crippen molar-refractivity contribution in [3.63, 3.8) is 0 Å². The number of rotatable bonds is 6. The van der Waals surface area contributed by atoms with Gasteiger partial charge in [-0.15, -0.1) is 0 Å². The topological polar surface area (TPSA) is 26.3 Å². The molecule has 104 valence electrons. The lowest BCUT2D eigenvalue weighted by molar-refractivity contribution is 0.102. The molecular formula is C17H18O2S. The fraction of sp³-hybridized carbons (Fsp3) is 0.235. The van der Waals surface area contributed by atoms with Crippen molar-refractivity contribution < 1.29 is 9.53 Å². The summed E-state index contributed by atoms with van der Waals surface area (Å²) in [4.78, 5) is 12.1. The van der Waals surface area contributed by atoms with Crippen LogP contribution < -0.4 is 4.74 Å². The average molecular weight is 286 g/mol. The van der Waals surface area contributed by atoms with Gasteiger partial charge in [0.25, 0.3) is 0 Å². The molecule has 2 rings (SSSR count). The van der Waals surface area contributed by atoms with Gasteiger partial charge in [-0.25, -0.2) is 0 Å². The Balaban J connectivity index is 2.37. The Morgan fingerprint density at radius 1 is 1.15 bits per heavy atom. The summed E-state index contributed by atoms with van der Waals surface area (Å²) in [6.07, 6.45) is 0. The maximum absolute atomic E-state index is 12.1. The van der Waals surface area contributed by atoms with E-state index in [0.29, 0.717) is 5.75 Å². The highest BCUT2D eigenvalue weighted by atomic mass is 32.2. The zero-order valence-corrected chi connectivity index (χ0v) is 12.6. The molecule has 20 heavy (non-hydrogen) atoms. The number of benzene rings is 2. The molecule has 3 heteroatoms. The second-order valence-electron chi connectivity index (χ2n) is 4.34. The normalized spacial score (nSPS) is 10.3. The second kappa shape index (κ2) is 7.15. The Labute approximate surface area is 124 Å². The van der Waals surface area contributed by atoms with Crippen LogP contribution in [0.15, 0.2) is 48.5 Å². The lowest BCUT2D eigenvalue weighted by Crippen LogP contribution is -2.03. The van der Waals surface area contributed by atoms with Crippen molar-refractivity contribution >= 4 is 17.5 Å². The third kappa shape index (κ3) is 3.42. The lowest BCUT2D eigenvalue weighted by Gasteiger charge is -2.10. The van der Waals surface area contributed by atoms with Crippen LogP contribution in [0.4, 0.5) is 0 Å². The lowest BCUT2D eigenvalue weighted by atomic mass is 10.0. The molecule has 0 aromatic heterocycles. The Hall–Kier alpha value is -1.74. The van der Waals surface area contributed by atoms with Crippen molar-refractivity contribution in [1.82, 2.24) is 0 Å². The third-order valence-corrected chi connectivity index (χ3v) is 3.92. The minimum absolute atomic E-state index is 0.164. The van der Waals surface area contributed by atoms with E-state index < -0.39 is 0 Å². The third-order valence-electron chi connectivity index (χ3n) is 3.04. The van der Waals surface area contributed by atoms with Gasteiger partial charge < -0.3 is 4.74 Å². The van der Waals surface area contributed by atoms with Crippen molar-refractivity contribution in [1.29, 1.82) is 0 Å². The first-order valence-corrected chi connectivity index (χ1v) is 7.76. The van der Waals surface area contributed by atoms with Gasteiger partial charge in [0.2, 0.25) is 0 Å². The van der Waals surface area contributed by atoms with Crippen LogP contribution in [0.3, 0.4) is 0 Å². The molecular weight excluding hydrogens is 268 g/mol. The minimum atomic E-state index is 0.164. The van der Waals surface area contributed by atoms with Crippen LogP contribution in [0.5, 0.6) is 5.75 Å². The number of hydrogen-bond donors (Lipinski definition) is 0. The van der Waals surface area contributed by atoms with Crippen molar-refractivity contribution in [3.8, 4) is 16.9 Å². The molecule has 0 atom stereocenters. The zero-order valence-electron chi connectivity index (χ0n) is 11.8. The van der Waals surface area contributed by atoms with E-state index in [-0.39, 0.29) is 5.78 Å². The van der Waals surface area contributed by atoms with E-state index in [4.69, 9.17) is 4.74 Å². The van der Waals surface area contributed by atoms with Gasteiger partial charge in [0.1, 0.15) is 5.75 Å². The van der Waals surface area contributed by atoms with Gasteiger partial charge in [-0.3, -0.25) is 4.79 Å². The van der Waals surface area contributed by atoms with E-state index in [0.717, 1.165) is 28.2 Å². The molecule has 0 bridgehead atoms. The number of Topliss-reactive ketones (excluding diaryl/α,β-unsaturated/α-hetero) is 1. The standard InChI is InChI=1S/C17H18O2S/c1-3-20-12-16(18)14-9-10-17(19-2)15(11-14)13-7-5-4-6-8-13/h4-11H,3,12H2,1-2H3. The Kier molecular flexibility index (Phi) is 5.24. The van der Waals surface area contributed by atoms with Crippen molar-refractivity contribution in [2.24, 2.45) is 0 Å². The summed E-state index contributed by atoms with van der Waals surface area (Å²) in [6, 6.07) is 15.6. The molecule has 2 aromatic rings. The maximum Gasteiger partial charge on any atom is 0.172 e. The van der Waals surface area contributed by atoms with Crippen LogP contribution in [0, 0.1) is 0 Å². The van der Waals surface area contributed by atoms with Crippen LogP contribution in [0.2, 0.25) is 0 Å². The zero-order chi connectivity index (χ0) is 14.4. The molecule has 2 nitrogen and oxygen atoms in total. The fourth-order valence-electron chi connectivity index (χ4n) is 2.00. The first-order valence-electron chi connectivity index (χ1n) is 6.60. The smallest absolute Gasteiger partial charge is 0.172 e. The van der Waals surface area contributed by atoms with Gasteiger partial charge in [0.05, 0.1) is 12.9 Å². The maximum atomic E-state index is 12.1. The summed E-state index contributed by atoms with van der Waals surface area (Å²) >= 11 is 1.64. The van der Waals surface area contributed by atoms with Crippen molar-refractivity contribution in [2.45, 2.75) is 6.92 Å². The van der Waals surface area contributed by atoms with Gasteiger partial charge in [-0.2, -0.15) is 11.8 Å². The van der Waals surface area contributed by atoms with E-state index in [1.807, 2.05) is 48.5 Å². The van der Waals surface area contributed by atoms with Gasteiger partial charge in [-0.1, -0.05) is 37.3 Å². The Morgan fingerprint density at radius 3 is 2.55 bits per heavy atom. The monoisotopic (exact) mass is 286 g/mol. The van der Waals surface area contributed by atoms with E-state index >= 15 is 0 Å². The molecule has 0 spiro atoms. The van der Waals surface area contributed by atoms with Gasteiger partial charge in [-0.05, 0) is 29.5 Å². The fourth-order valence-corrected chi connectivity index (χ4v) is 2.56. The van der Waals surface area contributed by atoms with Crippen LogP contribution in [-0.2, 0) is 0 Å². The van der Waals surface area contributed by atoms with E-state index in [2.05, 4.69) is 6.92 Å². The summed E-state index contributed by atoms with van der Waals surface area (Å²) < 4.78 is 5.40. The van der Waals surface area contributed by atoms with Crippen LogP contribution in [0.25, 0.3) is 11.1 Å². The van der Waals surface area contributed by atoms with Crippen LogP contribution in [-0.4, -0.2) is 24.4 Å². The predicted molar refractivity (Wildman–Crippen MR) is 85.8 cm³/mol. The number of ether oxygens (including phenoxy) is 1. The van der Waals surface area contributed by atoms with Crippen molar-refractivity contribution in [3.05, 3.63) is 54.1 Å². The molecule has 0 amide bonds. The highest BCUT2D eigenvalue weighted by Gasteiger charge is 2.11. The summed E-state index contributed by atoms with van der Waals surface area (Å²) in [5.74, 6) is 2.43. The SMILES string of the molecule is CCSCC(=O)c1ccc(OC)c(-c2ccccc2)c1. The molecule has 0 aliphatic heterocycles. The molecule has 0 saturated carbocycles. The molecule has 0 unspecified atom stereocenters. The number of ketones is 1. The van der Waals surface area contributed by atoms with E-state index in [1.54, 1.807) is 18.9 Å². The average Bonchev–Trinajstić information content (AvgIpc) is 2.52. The van der Waals surface area contributed by atoms with Crippen LogP contribution in [0.1, 0.15) is 17.3 Å². The number of hydrogen-bond acceptors (Lipinski definition) is 3.